The van der Waals surface area contributed by atoms with Gasteiger partial charge in [0.25, 0.3) is 0 Å². The zero-order valence-corrected chi connectivity index (χ0v) is 16.2. The highest BCUT2D eigenvalue weighted by atomic mass is 16.2. The molecule has 0 aliphatic heterocycles. The molecule has 1 atom stereocenters. The van der Waals surface area contributed by atoms with Crippen molar-refractivity contribution in [1.29, 1.82) is 5.26 Å². The van der Waals surface area contributed by atoms with Crippen LogP contribution in [-0.2, 0) is 9.59 Å². The van der Waals surface area contributed by atoms with Crippen molar-refractivity contribution in [1.82, 2.24) is 10.6 Å². The maximum Gasteiger partial charge on any atom is 0.243 e. The zero-order valence-electron chi connectivity index (χ0n) is 16.2. The third-order valence-corrected chi connectivity index (χ3v) is 4.28. The predicted molar refractivity (Wildman–Crippen MR) is 102 cm³/mol. The molecule has 0 saturated heterocycles. The fourth-order valence-electron chi connectivity index (χ4n) is 2.70. The molecule has 0 aromatic carbocycles. The van der Waals surface area contributed by atoms with Gasteiger partial charge in [0.1, 0.15) is 6.04 Å². The SMILES string of the molecule is CCCCCCCCCC(=O)N[C@@H](CC#N)C(=O)NCCCCCC. The highest BCUT2D eigenvalue weighted by molar-refractivity contribution is 5.87. The number of carbonyl (C=O) groups is 2. The standard InChI is InChI=1S/C20H37N3O2/c1-3-5-7-9-10-11-12-14-19(24)23-18(15-16-21)20(25)22-17-13-8-6-4-2/h18H,3-15,17H2,1-2H3,(H,22,25)(H,23,24)/t18-/m0/s1. The van der Waals surface area contributed by atoms with Crippen LogP contribution in [0.25, 0.3) is 0 Å². The highest BCUT2D eigenvalue weighted by Crippen LogP contribution is 2.08. The summed E-state index contributed by atoms with van der Waals surface area (Å²) >= 11 is 0. The molecule has 0 bridgehead atoms. The summed E-state index contributed by atoms with van der Waals surface area (Å²) in [5.74, 6) is -0.374. The van der Waals surface area contributed by atoms with E-state index in [1.807, 2.05) is 6.07 Å². The normalized spacial score (nSPS) is 11.6. The third-order valence-electron chi connectivity index (χ3n) is 4.28. The fraction of sp³-hybridized carbons (Fsp3) is 0.850. The van der Waals surface area contributed by atoms with E-state index in [1.54, 1.807) is 0 Å². The molecule has 0 heterocycles. The summed E-state index contributed by atoms with van der Waals surface area (Å²) in [6.45, 7) is 4.94. The molecule has 144 valence electrons. The maximum absolute atomic E-state index is 12.1. The molecule has 0 aromatic heterocycles. The molecular formula is C20H37N3O2. The first kappa shape index (κ1) is 23.4. The van der Waals surface area contributed by atoms with Gasteiger partial charge in [0, 0.05) is 13.0 Å². The van der Waals surface area contributed by atoms with E-state index in [9.17, 15) is 9.59 Å². The summed E-state index contributed by atoms with van der Waals surface area (Å²) in [5, 5.41) is 14.4. The van der Waals surface area contributed by atoms with Crippen LogP contribution in [0.5, 0.6) is 0 Å². The van der Waals surface area contributed by atoms with Crippen LogP contribution in [0, 0.1) is 11.3 Å². The first-order valence-corrected chi connectivity index (χ1v) is 10.1. The van der Waals surface area contributed by atoms with Gasteiger partial charge in [-0.1, -0.05) is 71.6 Å². The van der Waals surface area contributed by atoms with Crippen molar-refractivity contribution < 1.29 is 9.59 Å². The molecule has 0 fully saturated rings. The second kappa shape index (κ2) is 17.3. The van der Waals surface area contributed by atoms with Gasteiger partial charge in [-0.15, -0.1) is 0 Å². The molecule has 5 nitrogen and oxygen atoms in total. The number of hydrogen-bond donors (Lipinski definition) is 2. The minimum Gasteiger partial charge on any atom is -0.354 e. The second-order valence-corrected chi connectivity index (χ2v) is 6.71. The lowest BCUT2D eigenvalue weighted by Gasteiger charge is -2.16. The Morgan fingerprint density at radius 2 is 1.44 bits per heavy atom. The Morgan fingerprint density at radius 1 is 0.880 bits per heavy atom. The van der Waals surface area contributed by atoms with Crippen LogP contribution in [0.2, 0.25) is 0 Å². The Balaban J connectivity index is 3.93. The van der Waals surface area contributed by atoms with Gasteiger partial charge in [0.2, 0.25) is 11.8 Å². The number of carbonyl (C=O) groups excluding carboxylic acids is 2. The van der Waals surface area contributed by atoms with Gasteiger partial charge in [-0.05, 0) is 12.8 Å². The molecule has 0 aliphatic carbocycles. The van der Waals surface area contributed by atoms with Crippen LogP contribution in [0.4, 0.5) is 0 Å². The Kier molecular flexibility index (Phi) is 16.2. The quantitative estimate of drug-likeness (QED) is 0.408. The van der Waals surface area contributed by atoms with E-state index in [2.05, 4.69) is 24.5 Å². The lowest BCUT2D eigenvalue weighted by molar-refractivity contribution is -0.129. The van der Waals surface area contributed by atoms with E-state index >= 15 is 0 Å². The lowest BCUT2D eigenvalue weighted by atomic mass is 10.1. The molecule has 0 radical (unpaired) electrons. The van der Waals surface area contributed by atoms with Gasteiger partial charge in [-0.3, -0.25) is 9.59 Å². The van der Waals surface area contributed by atoms with E-state index in [0.29, 0.717) is 13.0 Å². The van der Waals surface area contributed by atoms with Crippen LogP contribution in [-0.4, -0.2) is 24.4 Å². The van der Waals surface area contributed by atoms with Crippen molar-refractivity contribution in [2.75, 3.05) is 6.54 Å². The molecule has 0 rings (SSSR count). The molecule has 2 N–H and O–H groups in total. The molecule has 0 unspecified atom stereocenters. The van der Waals surface area contributed by atoms with Crippen molar-refractivity contribution in [3.8, 4) is 6.07 Å². The van der Waals surface area contributed by atoms with E-state index in [-0.39, 0.29) is 18.2 Å². The maximum atomic E-state index is 12.1. The Labute approximate surface area is 153 Å². The topological polar surface area (TPSA) is 82.0 Å². The summed E-state index contributed by atoms with van der Waals surface area (Å²) in [4.78, 5) is 24.1. The minimum absolute atomic E-state index is 0.0174. The smallest absolute Gasteiger partial charge is 0.243 e. The molecule has 0 aliphatic rings. The second-order valence-electron chi connectivity index (χ2n) is 6.71. The number of unbranched alkanes of at least 4 members (excludes halogenated alkanes) is 9. The molecule has 0 spiro atoms. The number of amides is 2. The van der Waals surface area contributed by atoms with Gasteiger partial charge >= 0.3 is 0 Å². The van der Waals surface area contributed by atoms with E-state index in [1.165, 1.54) is 25.7 Å². The first-order chi connectivity index (χ1) is 12.2. The molecule has 2 amide bonds. The van der Waals surface area contributed by atoms with Gasteiger partial charge < -0.3 is 10.6 Å². The summed E-state index contributed by atoms with van der Waals surface area (Å²) in [6.07, 6.45) is 12.8. The Morgan fingerprint density at radius 3 is 2.04 bits per heavy atom. The van der Waals surface area contributed by atoms with Crippen molar-refractivity contribution in [3.05, 3.63) is 0 Å². The van der Waals surface area contributed by atoms with Crippen molar-refractivity contribution in [2.24, 2.45) is 0 Å². The van der Waals surface area contributed by atoms with Crippen LogP contribution in [0.3, 0.4) is 0 Å². The summed E-state index contributed by atoms with van der Waals surface area (Å²) in [6, 6.07) is 1.26. The number of rotatable bonds is 16. The molecule has 5 heteroatoms. The average Bonchev–Trinajstić information content (AvgIpc) is 2.60. The van der Waals surface area contributed by atoms with E-state index in [0.717, 1.165) is 44.9 Å². The van der Waals surface area contributed by atoms with E-state index in [4.69, 9.17) is 5.26 Å². The van der Waals surface area contributed by atoms with Gasteiger partial charge in [-0.25, -0.2) is 0 Å². The number of nitriles is 1. The summed E-state index contributed by atoms with van der Waals surface area (Å²) < 4.78 is 0. The van der Waals surface area contributed by atoms with Crippen LogP contribution in [0.1, 0.15) is 97.3 Å². The zero-order chi connectivity index (χ0) is 18.8. The molecular weight excluding hydrogens is 314 g/mol. The largest absolute Gasteiger partial charge is 0.354 e. The number of nitrogens with one attached hydrogen (secondary N) is 2. The molecule has 0 aromatic rings. The first-order valence-electron chi connectivity index (χ1n) is 10.1. The summed E-state index contributed by atoms with van der Waals surface area (Å²) in [7, 11) is 0. The minimum atomic E-state index is -0.728. The van der Waals surface area contributed by atoms with Gasteiger partial charge in [0.05, 0.1) is 12.5 Å². The van der Waals surface area contributed by atoms with E-state index < -0.39 is 6.04 Å². The van der Waals surface area contributed by atoms with Gasteiger partial charge in [0.15, 0.2) is 0 Å². The third kappa shape index (κ3) is 14.5. The predicted octanol–water partition coefficient (Wildman–Crippen LogP) is 4.22. The van der Waals surface area contributed by atoms with Crippen molar-refractivity contribution in [3.63, 3.8) is 0 Å². The molecule has 25 heavy (non-hydrogen) atoms. The number of hydrogen-bond acceptors (Lipinski definition) is 3. The van der Waals surface area contributed by atoms with Crippen molar-refractivity contribution in [2.45, 2.75) is 103 Å². The summed E-state index contributed by atoms with van der Waals surface area (Å²) in [5.41, 5.74) is 0. The Hall–Kier alpha value is -1.57. The van der Waals surface area contributed by atoms with Crippen LogP contribution in [0.15, 0.2) is 0 Å². The highest BCUT2D eigenvalue weighted by Gasteiger charge is 2.19. The van der Waals surface area contributed by atoms with Crippen LogP contribution < -0.4 is 10.6 Å². The number of nitrogens with zero attached hydrogens (tertiary/aromatic N) is 1. The van der Waals surface area contributed by atoms with Crippen molar-refractivity contribution >= 4 is 11.8 Å². The average molecular weight is 352 g/mol. The Bertz CT molecular complexity index is 391. The lowest BCUT2D eigenvalue weighted by Crippen LogP contribution is -2.46. The fourth-order valence-corrected chi connectivity index (χ4v) is 2.70. The van der Waals surface area contributed by atoms with Crippen LogP contribution >= 0.6 is 0 Å². The molecule has 0 saturated carbocycles. The van der Waals surface area contributed by atoms with Gasteiger partial charge in [-0.2, -0.15) is 5.26 Å². The monoisotopic (exact) mass is 351 g/mol.